The normalized spacial score (nSPS) is 12.4. The number of amides is 2. The molecule has 0 fully saturated rings. The van der Waals surface area contributed by atoms with Crippen molar-refractivity contribution in [3.8, 4) is 5.75 Å². The number of nitrogens with zero attached hydrogens (tertiary/aromatic N) is 2. The van der Waals surface area contributed by atoms with Gasteiger partial charge in [0, 0.05) is 27.7 Å². The topological polar surface area (TPSA) is 96.0 Å². The van der Waals surface area contributed by atoms with Gasteiger partial charge in [-0.05, 0) is 82.6 Å². The zero-order valence-electron chi connectivity index (χ0n) is 24.6. The molecule has 3 rings (SSSR count). The average molecular weight is 635 g/mol. The lowest BCUT2D eigenvalue weighted by Crippen LogP contribution is -2.55. The van der Waals surface area contributed by atoms with Crippen molar-refractivity contribution in [1.29, 1.82) is 0 Å². The molecule has 3 aromatic rings. The SMILES string of the molecule is CC[C@@H](C(=O)NC(C)(C)C)N(Cc1c(Cl)cccc1Cl)C(=O)CN(c1ccc(C)cc1)S(=O)(=O)c1ccc(OC)cc1. The van der Waals surface area contributed by atoms with Gasteiger partial charge in [0.15, 0.2) is 0 Å². The number of nitrogens with one attached hydrogen (secondary N) is 1. The second kappa shape index (κ2) is 13.8. The number of hydrogen-bond acceptors (Lipinski definition) is 5. The first kappa shape index (κ1) is 33.2. The molecule has 0 aliphatic rings. The summed E-state index contributed by atoms with van der Waals surface area (Å²) in [5, 5.41) is 3.59. The summed E-state index contributed by atoms with van der Waals surface area (Å²) in [5.74, 6) is -0.480. The van der Waals surface area contributed by atoms with Crippen molar-refractivity contribution in [1.82, 2.24) is 10.2 Å². The first-order valence-electron chi connectivity index (χ1n) is 13.5. The lowest BCUT2D eigenvalue weighted by atomic mass is 10.1. The number of rotatable bonds is 11. The Morgan fingerprint density at radius 2 is 1.52 bits per heavy atom. The summed E-state index contributed by atoms with van der Waals surface area (Å²) in [7, 11) is -2.73. The summed E-state index contributed by atoms with van der Waals surface area (Å²) in [6, 6.07) is 16.8. The highest BCUT2D eigenvalue weighted by Crippen LogP contribution is 2.29. The van der Waals surface area contributed by atoms with Crippen LogP contribution in [0.5, 0.6) is 5.75 Å². The molecule has 1 N–H and O–H groups in total. The third-order valence-corrected chi connectivity index (χ3v) is 9.02. The minimum Gasteiger partial charge on any atom is -0.497 e. The number of ether oxygens (including phenoxy) is 1. The van der Waals surface area contributed by atoms with Crippen molar-refractivity contribution < 1.29 is 22.7 Å². The molecule has 0 saturated carbocycles. The molecule has 226 valence electrons. The van der Waals surface area contributed by atoms with E-state index < -0.39 is 34.1 Å². The van der Waals surface area contributed by atoms with E-state index in [2.05, 4.69) is 5.32 Å². The van der Waals surface area contributed by atoms with Gasteiger partial charge in [-0.15, -0.1) is 0 Å². The fraction of sp³-hybridized carbons (Fsp3) is 0.355. The molecule has 0 saturated heterocycles. The number of carbonyl (C=O) groups is 2. The molecule has 42 heavy (non-hydrogen) atoms. The van der Waals surface area contributed by atoms with E-state index in [1.807, 2.05) is 27.7 Å². The summed E-state index contributed by atoms with van der Waals surface area (Å²) >= 11 is 12.9. The maximum absolute atomic E-state index is 14.2. The Morgan fingerprint density at radius 3 is 2.02 bits per heavy atom. The quantitative estimate of drug-likeness (QED) is 0.270. The number of aryl methyl sites for hydroxylation is 1. The maximum Gasteiger partial charge on any atom is 0.264 e. The van der Waals surface area contributed by atoms with Crippen LogP contribution in [-0.2, 0) is 26.2 Å². The van der Waals surface area contributed by atoms with E-state index in [4.69, 9.17) is 27.9 Å². The van der Waals surface area contributed by atoms with Crippen molar-refractivity contribution in [2.45, 2.75) is 64.1 Å². The predicted molar refractivity (Wildman–Crippen MR) is 168 cm³/mol. The third-order valence-electron chi connectivity index (χ3n) is 6.52. The van der Waals surface area contributed by atoms with Gasteiger partial charge in [0.25, 0.3) is 10.0 Å². The summed E-state index contributed by atoms with van der Waals surface area (Å²) in [4.78, 5) is 29.0. The van der Waals surface area contributed by atoms with Crippen LogP contribution in [-0.4, -0.2) is 50.4 Å². The monoisotopic (exact) mass is 633 g/mol. The highest BCUT2D eigenvalue weighted by Gasteiger charge is 2.35. The number of benzene rings is 3. The van der Waals surface area contributed by atoms with E-state index in [0.717, 1.165) is 9.87 Å². The standard InChI is InChI=1S/C31H37Cl2N3O5S/c1-7-28(30(38)34-31(3,4)5)35(19-25-26(32)9-8-10-27(25)33)29(37)20-36(22-13-11-21(2)12-14-22)42(39,40)24-17-15-23(41-6)16-18-24/h8-18,28H,7,19-20H2,1-6H3,(H,34,38)/t28-/m0/s1. The first-order valence-corrected chi connectivity index (χ1v) is 15.7. The van der Waals surface area contributed by atoms with Gasteiger partial charge in [0.2, 0.25) is 11.8 Å². The molecule has 0 spiro atoms. The third kappa shape index (κ3) is 8.18. The minimum absolute atomic E-state index is 0.0186. The van der Waals surface area contributed by atoms with E-state index in [1.54, 1.807) is 49.4 Å². The van der Waals surface area contributed by atoms with Gasteiger partial charge in [0.05, 0.1) is 17.7 Å². The number of halogens is 2. The predicted octanol–water partition coefficient (Wildman–Crippen LogP) is 6.23. The molecule has 0 aliphatic carbocycles. The Morgan fingerprint density at radius 1 is 0.952 bits per heavy atom. The molecule has 0 bridgehead atoms. The molecule has 11 heteroatoms. The van der Waals surface area contributed by atoms with Crippen molar-refractivity contribution in [2.75, 3.05) is 18.0 Å². The van der Waals surface area contributed by atoms with Gasteiger partial charge in [-0.1, -0.05) is 53.9 Å². The Balaban J connectivity index is 2.11. The largest absolute Gasteiger partial charge is 0.497 e. The smallest absolute Gasteiger partial charge is 0.264 e. The minimum atomic E-state index is -4.21. The molecule has 0 heterocycles. The molecule has 0 aliphatic heterocycles. The van der Waals surface area contributed by atoms with Crippen LogP contribution in [0.1, 0.15) is 45.2 Å². The van der Waals surface area contributed by atoms with Gasteiger partial charge in [-0.3, -0.25) is 13.9 Å². The van der Waals surface area contributed by atoms with Crippen LogP contribution < -0.4 is 14.4 Å². The van der Waals surface area contributed by atoms with Crippen LogP contribution in [0.4, 0.5) is 5.69 Å². The number of sulfonamides is 1. The molecule has 0 radical (unpaired) electrons. The summed E-state index contributed by atoms with van der Waals surface area (Å²) in [6.07, 6.45) is 0.269. The van der Waals surface area contributed by atoms with E-state index in [1.165, 1.54) is 36.3 Å². The zero-order valence-corrected chi connectivity index (χ0v) is 27.0. The molecular formula is C31H37Cl2N3O5S. The van der Waals surface area contributed by atoms with Crippen molar-refractivity contribution >= 4 is 50.7 Å². The van der Waals surface area contributed by atoms with Gasteiger partial charge in [0.1, 0.15) is 18.3 Å². The molecular weight excluding hydrogens is 597 g/mol. The lowest BCUT2D eigenvalue weighted by molar-refractivity contribution is -0.141. The van der Waals surface area contributed by atoms with Crippen molar-refractivity contribution in [2.24, 2.45) is 0 Å². The Hall–Kier alpha value is -3.27. The summed E-state index contributed by atoms with van der Waals surface area (Å²) in [6.45, 7) is 8.52. The zero-order chi connectivity index (χ0) is 31.2. The van der Waals surface area contributed by atoms with Crippen LogP contribution in [0.25, 0.3) is 0 Å². The van der Waals surface area contributed by atoms with E-state index in [9.17, 15) is 18.0 Å². The number of hydrogen-bond donors (Lipinski definition) is 1. The number of carbonyl (C=O) groups excluding carboxylic acids is 2. The van der Waals surface area contributed by atoms with Crippen LogP contribution in [0.2, 0.25) is 10.0 Å². The Labute approximate surface area is 258 Å². The summed E-state index contributed by atoms with van der Waals surface area (Å²) in [5.41, 5.74) is 1.11. The highest BCUT2D eigenvalue weighted by atomic mass is 35.5. The van der Waals surface area contributed by atoms with Crippen LogP contribution in [0, 0.1) is 6.92 Å². The molecule has 2 amide bonds. The number of anilines is 1. The lowest BCUT2D eigenvalue weighted by Gasteiger charge is -2.35. The first-order chi connectivity index (χ1) is 19.7. The molecule has 1 atom stereocenters. The van der Waals surface area contributed by atoms with Gasteiger partial charge >= 0.3 is 0 Å². The highest BCUT2D eigenvalue weighted by molar-refractivity contribution is 7.92. The molecule has 8 nitrogen and oxygen atoms in total. The van der Waals surface area contributed by atoms with Gasteiger partial charge in [-0.2, -0.15) is 0 Å². The van der Waals surface area contributed by atoms with Crippen molar-refractivity contribution in [3.05, 3.63) is 87.9 Å². The fourth-order valence-electron chi connectivity index (χ4n) is 4.34. The van der Waals surface area contributed by atoms with Crippen LogP contribution >= 0.6 is 23.2 Å². The summed E-state index contributed by atoms with van der Waals surface area (Å²) < 4.78 is 34.2. The van der Waals surface area contributed by atoms with Crippen LogP contribution in [0.3, 0.4) is 0 Å². The number of methoxy groups -OCH3 is 1. The second-order valence-electron chi connectivity index (χ2n) is 10.9. The molecule has 3 aromatic carbocycles. The second-order valence-corrected chi connectivity index (χ2v) is 13.6. The van der Waals surface area contributed by atoms with Gasteiger partial charge < -0.3 is 15.0 Å². The van der Waals surface area contributed by atoms with E-state index in [0.29, 0.717) is 27.0 Å². The average Bonchev–Trinajstić information content (AvgIpc) is 2.92. The van der Waals surface area contributed by atoms with Crippen LogP contribution in [0.15, 0.2) is 71.6 Å². The fourth-order valence-corrected chi connectivity index (χ4v) is 6.27. The Bertz CT molecular complexity index is 1480. The van der Waals surface area contributed by atoms with E-state index in [-0.39, 0.29) is 23.8 Å². The van der Waals surface area contributed by atoms with E-state index >= 15 is 0 Å². The van der Waals surface area contributed by atoms with Gasteiger partial charge in [-0.25, -0.2) is 8.42 Å². The maximum atomic E-state index is 14.2. The van der Waals surface area contributed by atoms with Crippen molar-refractivity contribution in [3.63, 3.8) is 0 Å². The molecule has 0 aromatic heterocycles. The Kier molecular flexibility index (Phi) is 10.9. The molecule has 0 unspecified atom stereocenters.